The summed E-state index contributed by atoms with van der Waals surface area (Å²) in [5.74, 6) is 1.09. The number of aromatic nitrogens is 1. The molecule has 0 spiro atoms. The van der Waals surface area contributed by atoms with E-state index in [1.165, 1.54) is 0 Å². The molecule has 1 fully saturated rings. The van der Waals surface area contributed by atoms with E-state index >= 15 is 0 Å². The standard InChI is InChI=1S/C18H32N6O2.HI/c1-23(2)8-13-26-17-14-16(4-6-20-17)15-22-18(19)21-5-3-7-24-9-11-25-12-10-24;/h4,6,14H,3,5,7-13,15H2,1-2H3,(H3,19,21,22);1H. The second kappa shape index (κ2) is 13.9. The number of nitrogens with two attached hydrogens (primary N) is 1. The normalized spacial score (nSPS) is 15.4. The molecule has 1 aliphatic rings. The van der Waals surface area contributed by atoms with Gasteiger partial charge in [-0.05, 0) is 38.7 Å². The Morgan fingerprint density at radius 3 is 2.93 bits per heavy atom. The van der Waals surface area contributed by atoms with Crippen LogP contribution < -0.4 is 15.8 Å². The maximum absolute atomic E-state index is 5.95. The van der Waals surface area contributed by atoms with Crippen molar-refractivity contribution in [1.82, 2.24) is 20.1 Å². The highest BCUT2D eigenvalue weighted by molar-refractivity contribution is 14.0. The number of morpholine rings is 1. The maximum atomic E-state index is 5.95. The fraction of sp³-hybridized carbons (Fsp3) is 0.667. The fourth-order valence-corrected chi connectivity index (χ4v) is 2.54. The third-order valence-electron chi connectivity index (χ3n) is 4.08. The van der Waals surface area contributed by atoms with Crippen molar-refractivity contribution >= 4 is 29.9 Å². The summed E-state index contributed by atoms with van der Waals surface area (Å²) in [5, 5.41) is 3.17. The van der Waals surface area contributed by atoms with Gasteiger partial charge in [-0.15, -0.1) is 24.0 Å². The van der Waals surface area contributed by atoms with E-state index in [0.717, 1.165) is 57.9 Å². The lowest BCUT2D eigenvalue weighted by Gasteiger charge is -2.26. The predicted molar refractivity (Wildman–Crippen MR) is 119 cm³/mol. The summed E-state index contributed by atoms with van der Waals surface area (Å²) < 4.78 is 11.0. The highest BCUT2D eigenvalue weighted by Crippen LogP contribution is 2.10. The van der Waals surface area contributed by atoms with Gasteiger partial charge >= 0.3 is 0 Å². The minimum absolute atomic E-state index is 0. The number of nitrogens with zero attached hydrogens (tertiary/aromatic N) is 4. The zero-order valence-corrected chi connectivity index (χ0v) is 18.7. The molecular weight excluding hydrogens is 459 g/mol. The second-order valence-electron chi connectivity index (χ2n) is 6.59. The van der Waals surface area contributed by atoms with Crippen LogP contribution in [0.5, 0.6) is 5.88 Å². The van der Waals surface area contributed by atoms with Gasteiger partial charge in [-0.1, -0.05) is 0 Å². The number of pyridine rings is 1. The van der Waals surface area contributed by atoms with E-state index in [-0.39, 0.29) is 24.0 Å². The quantitative estimate of drug-likeness (QED) is 0.216. The molecule has 27 heavy (non-hydrogen) atoms. The molecule has 0 bridgehead atoms. The first kappa shape index (κ1) is 23.9. The fourth-order valence-electron chi connectivity index (χ4n) is 2.54. The van der Waals surface area contributed by atoms with Crippen molar-refractivity contribution in [2.75, 3.05) is 66.6 Å². The van der Waals surface area contributed by atoms with Crippen molar-refractivity contribution in [1.29, 1.82) is 0 Å². The zero-order valence-electron chi connectivity index (χ0n) is 16.4. The molecule has 0 amide bonds. The van der Waals surface area contributed by atoms with Gasteiger partial charge in [0.05, 0.1) is 19.8 Å². The number of halogens is 1. The van der Waals surface area contributed by atoms with Crippen molar-refractivity contribution in [3.8, 4) is 5.88 Å². The molecular formula is C18H33IN6O2. The molecule has 1 saturated heterocycles. The molecule has 0 aromatic carbocycles. The highest BCUT2D eigenvalue weighted by atomic mass is 127. The van der Waals surface area contributed by atoms with Gasteiger partial charge in [0.25, 0.3) is 0 Å². The van der Waals surface area contributed by atoms with Gasteiger partial charge < -0.3 is 25.4 Å². The first-order valence-electron chi connectivity index (χ1n) is 9.20. The molecule has 3 N–H and O–H groups in total. The van der Waals surface area contributed by atoms with Crippen LogP contribution >= 0.6 is 24.0 Å². The lowest BCUT2D eigenvalue weighted by Crippen LogP contribution is -2.39. The largest absolute Gasteiger partial charge is 0.476 e. The summed E-state index contributed by atoms with van der Waals surface area (Å²) in [6.45, 7) is 7.56. The molecule has 9 heteroatoms. The lowest BCUT2D eigenvalue weighted by atomic mass is 10.3. The van der Waals surface area contributed by atoms with E-state index in [1.807, 2.05) is 26.2 Å². The number of hydrogen-bond acceptors (Lipinski definition) is 6. The SMILES string of the molecule is CN(C)CCOc1cc(CN=C(N)NCCCN2CCOCC2)ccn1.I. The summed E-state index contributed by atoms with van der Waals surface area (Å²) in [4.78, 5) is 13.1. The van der Waals surface area contributed by atoms with Crippen LogP contribution in [0.1, 0.15) is 12.0 Å². The van der Waals surface area contributed by atoms with Gasteiger partial charge in [-0.25, -0.2) is 9.98 Å². The van der Waals surface area contributed by atoms with Gasteiger partial charge in [0.15, 0.2) is 5.96 Å². The van der Waals surface area contributed by atoms with Gasteiger partial charge in [0, 0.05) is 38.4 Å². The Bertz CT molecular complexity index is 552. The molecule has 0 atom stereocenters. The van der Waals surface area contributed by atoms with Crippen LogP contribution in [0.4, 0.5) is 0 Å². The third kappa shape index (κ3) is 10.7. The Balaban J connectivity index is 0.00000364. The van der Waals surface area contributed by atoms with E-state index in [4.69, 9.17) is 15.2 Å². The topological polar surface area (TPSA) is 88.2 Å². The van der Waals surface area contributed by atoms with Crippen LogP contribution in [0.25, 0.3) is 0 Å². The number of likely N-dealkylation sites (N-methyl/N-ethyl adjacent to an activating group) is 1. The van der Waals surface area contributed by atoms with Crippen molar-refractivity contribution in [3.05, 3.63) is 23.9 Å². The summed E-state index contributed by atoms with van der Waals surface area (Å²) in [6, 6.07) is 3.83. The number of aliphatic imine (C=N–C) groups is 1. The van der Waals surface area contributed by atoms with Crippen LogP contribution in [0.3, 0.4) is 0 Å². The summed E-state index contributed by atoms with van der Waals surface area (Å²) in [6.07, 6.45) is 2.77. The van der Waals surface area contributed by atoms with Crippen LogP contribution in [0.2, 0.25) is 0 Å². The van der Waals surface area contributed by atoms with Crippen molar-refractivity contribution < 1.29 is 9.47 Å². The summed E-state index contributed by atoms with van der Waals surface area (Å²) in [5.41, 5.74) is 6.97. The lowest BCUT2D eigenvalue weighted by molar-refractivity contribution is 0.0376. The molecule has 0 unspecified atom stereocenters. The van der Waals surface area contributed by atoms with Crippen LogP contribution in [-0.4, -0.2) is 87.4 Å². The second-order valence-corrected chi connectivity index (χ2v) is 6.59. The summed E-state index contributed by atoms with van der Waals surface area (Å²) in [7, 11) is 4.03. The minimum atomic E-state index is 0. The van der Waals surface area contributed by atoms with Gasteiger partial charge in [0.2, 0.25) is 5.88 Å². The Morgan fingerprint density at radius 1 is 1.41 bits per heavy atom. The molecule has 1 aromatic heterocycles. The Morgan fingerprint density at radius 2 is 2.19 bits per heavy atom. The highest BCUT2D eigenvalue weighted by Gasteiger charge is 2.09. The van der Waals surface area contributed by atoms with E-state index < -0.39 is 0 Å². The Labute approximate surface area is 179 Å². The first-order chi connectivity index (χ1) is 12.6. The number of rotatable bonds is 10. The average molecular weight is 492 g/mol. The molecule has 2 rings (SSSR count). The minimum Gasteiger partial charge on any atom is -0.476 e. The number of ether oxygens (including phenoxy) is 2. The van der Waals surface area contributed by atoms with Gasteiger partial charge in [-0.3, -0.25) is 4.90 Å². The molecule has 2 heterocycles. The van der Waals surface area contributed by atoms with Crippen LogP contribution in [-0.2, 0) is 11.3 Å². The molecule has 0 aliphatic carbocycles. The molecule has 8 nitrogen and oxygen atoms in total. The van der Waals surface area contributed by atoms with E-state index in [9.17, 15) is 0 Å². The molecule has 154 valence electrons. The van der Waals surface area contributed by atoms with E-state index in [2.05, 4.69) is 25.1 Å². The van der Waals surface area contributed by atoms with Crippen molar-refractivity contribution in [3.63, 3.8) is 0 Å². The molecule has 1 aliphatic heterocycles. The van der Waals surface area contributed by atoms with Crippen molar-refractivity contribution in [2.24, 2.45) is 10.7 Å². The van der Waals surface area contributed by atoms with Crippen LogP contribution in [0.15, 0.2) is 23.3 Å². The Kier molecular flexibility index (Phi) is 12.3. The Hall–Kier alpha value is -1.17. The maximum Gasteiger partial charge on any atom is 0.213 e. The predicted octanol–water partition coefficient (Wildman–Crippen LogP) is 0.767. The zero-order chi connectivity index (χ0) is 18.6. The smallest absolute Gasteiger partial charge is 0.213 e. The van der Waals surface area contributed by atoms with E-state index in [0.29, 0.717) is 25.0 Å². The van der Waals surface area contributed by atoms with Gasteiger partial charge in [-0.2, -0.15) is 0 Å². The molecule has 1 aromatic rings. The van der Waals surface area contributed by atoms with E-state index in [1.54, 1.807) is 6.20 Å². The molecule has 0 saturated carbocycles. The number of hydrogen-bond donors (Lipinski definition) is 2. The molecule has 0 radical (unpaired) electrons. The van der Waals surface area contributed by atoms with Crippen molar-refractivity contribution in [2.45, 2.75) is 13.0 Å². The average Bonchev–Trinajstić information content (AvgIpc) is 2.64. The monoisotopic (exact) mass is 492 g/mol. The van der Waals surface area contributed by atoms with Gasteiger partial charge in [0.1, 0.15) is 6.61 Å². The van der Waals surface area contributed by atoms with Crippen LogP contribution in [0, 0.1) is 0 Å². The summed E-state index contributed by atoms with van der Waals surface area (Å²) >= 11 is 0. The third-order valence-corrected chi connectivity index (χ3v) is 4.08. The number of guanidine groups is 1. The number of nitrogens with one attached hydrogen (secondary N) is 1. The first-order valence-corrected chi connectivity index (χ1v) is 9.20.